The van der Waals surface area contributed by atoms with Crippen molar-refractivity contribution >= 4 is 23.2 Å². The summed E-state index contributed by atoms with van der Waals surface area (Å²) in [5.41, 5.74) is 1.72. The molecule has 1 unspecified atom stereocenters. The summed E-state index contributed by atoms with van der Waals surface area (Å²) in [6, 6.07) is 1.80. The highest BCUT2D eigenvalue weighted by Gasteiger charge is 2.26. The molecule has 3 rings (SSSR count). The first kappa shape index (κ1) is 25.7. The van der Waals surface area contributed by atoms with Crippen molar-refractivity contribution in [1.82, 2.24) is 9.88 Å². The Hall–Kier alpha value is -2.96. The molecule has 1 fully saturated rings. The Morgan fingerprint density at radius 3 is 2.68 bits per heavy atom. The zero-order valence-electron chi connectivity index (χ0n) is 21.1. The Balaban J connectivity index is 1.91. The molecule has 1 saturated heterocycles. The van der Waals surface area contributed by atoms with E-state index in [2.05, 4.69) is 11.9 Å². The van der Waals surface area contributed by atoms with Crippen molar-refractivity contribution in [2.45, 2.75) is 53.9 Å². The Labute approximate surface area is 203 Å². The van der Waals surface area contributed by atoms with E-state index >= 15 is 0 Å². The van der Waals surface area contributed by atoms with Crippen LogP contribution >= 0.6 is 0 Å². The van der Waals surface area contributed by atoms with Gasteiger partial charge in [0.25, 0.3) is 5.91 Å². The molecule has 184 valence electrons. The topological polar surface area (TPSA) is 86.6 Å². The average Bonchev–Trinajstić information content (AvgIpc) is 3.02. The van der Waals surface area contributed by atoms with Crippen molar-refractivity contribution in [1.29, 1.82) is 5.41 Å². The van der Waals surface area contributed by atoms with Crippen LogP contribution < -0.4 is 9.64 Å². The lowest BCUT2D eigenvalue weighted by Crippen LogP contribution is -2.39. The van der Waals surface area contributed by atoms with Gasteiger partial charge in [0.2, 0.25) is 0 Å². The molecule has 2 atom stereocenters. The smallest absolute Gasteiger partial charge is 0.255 e. The molecule has 0 saturated carbocycles. The van der Waals surface area contributed by atoms with Crippen molar-refractivity contribution in [3.8, 4) is 5.75 Å². The van der Waals surface area contributed by atoms with Crippen LogP contribution in [0.5, 0.6) is 5.75 Å². The zero-order valence-corrected chi connectivity index (χ0v) is 21.1. The SMILES string of the molecule is CC(=N)/C=C(\C=C/C(C)C(=O)C(C)C)N1CCCOc2cc(C(=O)N3CCC[C@H](C)C3)cnc21. The fraction of sp³-hybridized carbons (Fsp3) is 0.556. The molecule has 1 aromatic rings. The number of amides is 1. The van der Waals surface area contributed by atoms with Gasteiger partial charge in [-0.3, -0.25) is 9.59 Å². The first-order chi connectivity index (χ1) is 16.2. The molecule has 0 aliphatic carbocycles. The van der Waals surface area contributed by atoms with Crippen molar-refractivity contribution < 1.29 is 14.3 Å². The molecule has 34 heavy (non-hydrogen) atoms. The average molecular weight is 467 g/mol. The largest absolute Gasteiger partial charge is 0.490 e. The lowest BCUT2D eigenvalue weighted by atomic mass is 9.96. The minimum Gasteiger partial charge on any atom is -0.490 e. The fourth-order valence-electron chi connectivity index (χ4n) is 4.48. The first-order valence-corrected chi connectivity index (χ1v) is 12.4. The second-order valence-corrected chi connectivity index (χ2v) is 9.86. The standard InChI is InChI=1S/C27H38N4O3/c1-18(2)25(32)20(4)9-10-23(14-21(5)28)31-12-7-13-34-24-15-22(16-29-26(24)31)27(33)30-11-6-8-19(3)17-30/h9-10,14-16,18-20,28H,6-8,11-13,17H2,1-5H3/b10-9-,23-14+,28-21?/t19-,20?/m0/s1. The van der Waals surface area contributed by atoms with Gasteiger partial charge < -0.3 is 19.9 Å². The molecular formula is C27H38N4O3. The monoisotopic (exact) mass is 466 g/mol. The summed E-state index contributed by atoms with van der Waals surface area (Å²) in [6.45, 7) is 12.3. The summed E-state index contributed by atoms with van der Waals surface area (Å²) in [5, 5.41) is 8.03. The predicted octanol–water partition coefficient (Wildman–Crippen LogP) is 4.88. The molecule has 0 spiro atoms. The predicted molar refractivity (Wildman–Crippen MR) is 136 cm³/mol. The lowest BCUT2D eigenvalue weighted by molar-refractivity contribution is -0.123. The number of carbonyl (C=O) groups is 2. The van der Waals surface area contributed by atoms with Crippen molar-refractivity contribution in [2.24, 2.45) is 17.8 Å². The molecule has 7 heteroatoms. The molecule has 0 bridgehead atoms. The number of Topliss-reactive ketones (excluding diaryl/α,β-unsaturated/α-hetero) is 1. The number of aromatic nitrogens is 1. The number of piperidine rings is 1. The van der Waals surface area contributed by atoms with Gasteiger partial charge in [0.05, 0.1) is 12.2 Å². The van der Waals surface area contributed by atoms with Crippen LogP contribution in [-0.2, 0) is 4.79 Å². The number of nitrogens with one attached hydrogen (secondary N) is 1. The zero-order chi connectivity index (χ0) is 24.8. The van der Waals surface area contributed by atoms with E-state index in [0.29, 0.717) is 41.9 Å². The van der Waals surface area contributed by atoms with Gasteiger partial charge in [-0.05, 0) is 50.3 Å². The number of pyridine rings is 1. The number of fused-ring (bicyclic) bond motifs is 1. The van der Waals surface area contributed by atoms with Gasteiger partial charge in [-0.25, -0.2) is 4.98 Å². The Kier molecular flexibility index (Phi) is 8.64. The van der Waals surface area contributed by atoms with Gasteiger partial charge in [-0.15, -0.1) is 0 Å². The molecule has 2 aliphatic heterocycles. The molecule has 0 radical (unpaired) electrons. The number of hydrogen-bond acceptors (Lipinski definition) is 6. The number of carbonyl (C=O) groups excluding carboxylic acids is 2. The highest BCUT2D eigenvalue weighted by Crippen LogP contribution is 2.33. The second kappa shape index (κ2) is 11.4. The van der Waals surface area contributed by atoms with Crippen molar-refractivity contribution in [3.05, 3.63) is 41.8 Å². The second-order valence-electron chi connectivity index (χ2n) is 9.86. The Bertz CT molecular complexity index is 982. The molecule has 7 nitrogen and oxygen atoms in total. The van der Waals surface area contributed by atoms with Crippen LogP contribution in [0, 0.1) is 23.2 Å². The highest BCUT2D eigenvalue weighted by atomic mass is 16.5. The third kappa shape index (κ3) is 6.33. The van der Waals surface area contributed by atoms with Crippen molar-refractivity contribution in [2.75, 3.05) is 31.1 Å². The van der Waals surface area contributed by atoms with Crippen LogP contribution in [0.2, 0.25) is 0 Å². The van der Waals surface area contributed by atoms with E-state index in [1.54, 1.807) is 25.3 Å². The number of hydrogen-bond donors (Lipinski definition) is 1. The van der Waals surface area contributed by atoms with Crippen LogP contribution in [0.25, 0.3) is 0 Å². The first-order valence-electron chi connectivity index (χ1n) is 12.4. The molecule has 0 aromatic carbocycles. The number of likely N-dealkylation sites (tertiary alicyclic amines) is 1. The van der Waals surface area contributed by atoms with E-state index in [1.165, 1.54) is 0 Å². The maximum atomic E-state index is 13.1. The molecule has 2 aliphatic rings. The summed E-state index contributed by atoms with van der Waals surface area (Å²) in [6.07, 6.45) is 10.1. The van der Waals surface area contributed by atoms with Crippen molar-refractivity contribution in [3.63, 3.8) is 0 Å². The summed E-state index contributed by atoms with van der Waals surface area (Å²) in [5.74, 6) is 1.61. The fourth-order valence-corrected chi connectivity index (χ4v) is 4.48. The lowest BCUT2D eigenvalue weighted by Gasteiger charge is -2.31. The number of rotatable bonds is 7. The summed E-state index contributed by atoms with van der Waals surface area (Å²) in [4.78, 5) is 34.1. The summed E-state index contributed by atoms with van der Waals surface area (Å²) in [7, 11) is 0. The number of ether oxygens (including phenoxy) is 1. The van der Waals surface area contributed by atoms with Crippen LogP contribution in [0.4, 0.5) is 5.82 Å². The maximum Gasteiger partial charge on any atom is 0.255 e. The maximum absolute atomic E-state index is 13.1. The van der Waals surface area contributed by atoms with Gasteiger partial charge in [0, 0.05) is 49.1 Å². The quantitative estimate of drug-likeness (QED) is 0.457. The van der Waals surface area contributed by atoms with Crippen LogP contribution in [0.3, 0.4) is 0 Å². The number of nitrogens with zero attached hydrogens (tertiary/aromatic N) is 3. The van der Waals surface area contributed by atoms with Crippen LogP contribution in [0.15, 0.2) is 36.2 Å². The molecule has 1 aromatic heterocycles. The number of anilines is 1. The minimum absolute atomic E-state index is 0.00623. The normalized spacial score (nSPS) is 20.1. The number of allylic oxidation sites excluding steroid dienone is 3. The van der Waals surface area contributed by atoms with E-state index in [4.69, 9.17) is 10.1 Å². The van der Waals surface area contributed by atoms with E-state index in [1.807, 2.05) is 42.7 Å². The van der Waals surface area contributed by atoms with E-state index < -0.39 is 0 Å². The van der Waals surface area contributed by atoms with Gasteiger partial charge in [0.15, 0.2) is 11.6 Å². The van der Waals surface area contributed by atoms with Crippen LogP contribution in [0.1, 0.15) is 64.2 Å². The molecule has 1 amide bonds. The third-order valence-electron chi connectivity index (χ3n) is 6.31. The van der Waals surface area contributed by atoms with Gasteiger partial charge in [0.1, 0.15) is 5.78 Å². The van der Waals surface area contributed by atoms with E-state index in [9.17, 15) is 9.59 Å². The minimum atomic E-state index is -0.225. The molecular weight excluding hydrogens is 428 g/mol. The third-order valence-corrected chi connectivity index (χ3v) is 6.31. The van der Waals surface area contributed by atoms with Gasteiger partial charge in [-0.1, -0.05) is 33.8 Å². The summed E-state index contributed by atoms with van der Waals surface area (Å²) >= 11 is 0. The Morgan fingerprint density at radius 1 is 1.24 bits per heavy atom. The van der Waals surface area contributed by atoms with Gasteiger partial charge >= 0.3 is 0 Å². The molecule has 1 N–H and O–H groups in total. The molecule has 3 heterocycles. The van der Waals surface area contributed by atoms with E-state index in [-0.39, 0.29) is 23.5 Å². The van der Waals surface area contributed by atoms with Gasteiger partial charge in [-0.2, -0.15) is 0 Å². The summed E-state index contributed by atoms with van der Waals surface area (Å²) < 4.78 is 5.99. The number of ketones is 1. The highest BCUT2D eigenvalue weighted by molar-refractivity contribution is 5.95. The van der Waals surface area contributed by atoms with Crippen LogP contribution in [-0.4, -0.2) is 53.5 Å². The van der Waals surface area contributed by atoms with E-state index in [0.717, 1.165) is 38.0 Å². The Morgan fingerprint density at radius 2 is 2.00 bits per heavy atom.